The fourth-order valence-electron chi connectivity index (χ4n) is 2.95. The molecule has 2 aromatic heterocycles. The Morgan fingerprint density at radius 2 is 2.07 bits per heavy atom. The number of anilines is 1. The van der Waals surface area contributed by atoms with E-state index in [-0.39, 0.29) is 5.56 Å². The van der Waals surface area contributed by atoms with E-state index in [1.165, 1.54) is 21.9 Å². The molecule has 146 valence electrons. The van der Waals surface area contributed by atoms with Crippen molar-refractivity contribution in [1.82, 2.24) is 9.38 Å². The minimum Gasteiger partial charge on any atom is -0.497 e. The van der Waals surface area contributed by atoms with Crippen LogP contribution in [0.5, 0.6) is 5.75 Å². The summed E-state index contributed by atoms with van der Waals surface area (Å²) in [7, 11) is 1.58. The van der Waals surface area contributed by atoms with E-state index in [0.717, 1.165) is 11.1 Å². The molecule has 0 bridgehead atoms. The number of fused-ring (bicyclic) bond motifs is 1. The second-order valence-electron chi connectivity index (χ2n) is 6.36. The number of carbonyl (C=O) groups is 1. The van der Waals surface area contributed by atoms with Gasteiger partial charge < -0.3 is 10.1 Å². The van der Waals surface area contributed by atoms with Crippen LogP contribution in [0.25, 0.3) is 16.2 Å². The van der Waals surface area contributed by atoms with Crippen LogP contribution >= 0.6 is 22.9 Å². The number of aromatic nitrogens is 2. The Morgan fingerprint density at radius 3 is 2.86 bits per heavy atom. The molecule has 0 aliphatic rings. The lowest BCUT2D eigenvalue weighted by Crippen LogP contribution is -2.26. The van der Waals surface area contributed by atoms with E-state index in [9.17, 15) is 9.59 Å². The fraction of sp³-hybridized carbons (Fsp3) is 0.0952. The number of halogens is 1. The smallest absolute Gasteiger partial charge is 0.271 e. The number of methoxy groups -OCH3 is 1. The van der Waals surface area contributed by atoms with Gasteiger partial charge >= 0.3 is 0 Å². The van der Waals surface area contributed by atoms with Gasteiger partial charge in [-0.05, 0) is 36.8 Å². The highest BCUT2D eigenvalue weighted by atomic mass is 35.5. The van der Waals surface area contributed by atoms with Gasteiger partial charge in [0.1, 0.15) is 11.3 Å². The highest BCUT2D eigenvalue weighted by Gasteiger charge is 2.18. The van der Waals surface area contributed by atoms with Crippen molar-refractivity contribution in [2.24, 2.45) is 0 Å². The Balaban J connectivity index is 1.78. The van der Waals surface area contributed by atoms with Crippen LogP contribution in [0.4, 0.5) is 5.69 Å². The number of ether oxygens (including phenoxy) is 1. The maximum Gasteiger partial charge on any atom is 0.271 e. The van der Waals surface area contributed by atoms with Crippen molar-refractivity contribution in [3.05, 3.63) is 80.5 Å². The van der Waals surface area contributed by atoms with Crippen LogP contribution in [0.15, 0.2) is 58.8 Å². The van der Waals surface area contributed by atoms with Crippen LogP contribution < -0.4 is 15.6 Å². The van der Waals surface area contributed by atoms with Crippen molar-refractivity contribution in [3.63, 3.8) is 0 Å². The van der Waals surface area contributed by atoms with Crippen LogP contribution in [0.3, 0.4) is 0 Å². The first-order chi connectivity index (χ1) is 14.0. The van der Waals surface area contributed by atoms with Gasteiger partial charge in [-0.3, -0.25) is 14.0 Å². The quantitative estimate of drug-likeness (QED) is 0.516. The van der Waals surface area contributed by atoms with E-state index in [2.05, 4.69) is 10.3 Å². The predicted octanol–water partition coefficient (Wildman–Crippen LogP) is 4.65. The summed E-state index contributed by atoms with van der Waals surface area (Å²) in [5.41, 5.74) is 2.34. The molecule has 4 rings (SSSR count). The van der Waals surface area contributed by atoms with E-state index >= 15 is 0 Å². The molecule has 0 aliphatic carbocycles. The first-order valence-electron chi connectivity index (χ1n) is 8.69. The summed E-state index contributed by atoms with van der Waals surface area (Å²) in [6.45, 7) is 1.85. The Bertz CT molecular complexity index is 1300. The second kappa shape index (κ2) is 7.69. The summed E-state index contributed by atoms with van der Waals surface area (Å²) < 4.78 is 6.71. The minimum atomic E-state index is -0.537. The van der Waals surface area contributed by atoms with Crippen LogP contribution in [0.1, 0.15) is 15.9 Å². The third kappa shape index (κ3) is 3.62. The lowest BCUT2D eigenvalue weighted by atomic mass is 10.1. The van der Waals surface area contributed by atoms with Crippen molar-refractivity contribution >= 4 is 39.5 Å². The van der Waals surface area contributed by atoms with Crippen molar-refractivity contribution in [2.45, 2.75) is 6.92 Å². The summed E-state index contributed by atoms with van der Waals surface area (Å²) in [5.74, 6) is 0.137. The van der Waals surface area contributed by atoms with E-state index in [4.69, 9.17) is 16.3 Å². The monoisotopic (exact) mass is 425 g/mol. The number of nitrogens with one attached hydrogen (secondary N) is 1. The highest BCUT2D eigenvalue weighted by molar-refractivity contribution is 7.15. The molecule has 6 nitrogen and oxygen atoms in total. The number of amides is 1. The van der Waals surface area contributed by atoms with E-state index in [1.807, 2.05) is 36.6 Å². The number of carbonyl (C=O) groups excluding carboxylic acids is 1. The van der Waals surface area contributed by atoms with Gasteiger partial charge in [0.2, 0.25) is 0 Å². The summed E-state index contributed by atoms with van der Waals surface area (Å²) in [5, 5.41) is 5.08. The number of benzene rings is 2. The molecule has 0 unspecified atom stereocenters. The van der Waals surface area contributed by atoms with Crippen LogP contribution in [-0.4, -0.2) is 22.4 Å². The molecule has 0 radical (unpaired) electrons. The Hall–Kier alpha value is -3.16. The molecule has 1 N–H and O–H groups in total. The maximum atomic E-state index is 13.1. The van der Waals surface area contributed by atoms with Gasteiger partial charge in [-0.1, -0.05) is 29.8 Å². The highest BCUT2D eigenvalue weighted by Crippen LogP contribution is 2.27. The van der Waals surface area contributed by atoms with E-state index < -0.39 is 11.5 Å². The van der Waals surface area contributed by atoms with Gasteiger partial charge in [-0.25, -0.2) is 4.98 Å². The Labute approximate surface area is 175 Å². The average Bonchev–Trinajstić information content (AvgIpc) is 3.16. The zero-order valence-corrected chi connectivity index (χ0v) is 17.2. The fourth-order valence-corrected chi connectivity index (χ4v) is 3.98. The van der Waals surface area contributed by atoms with Gasteiger partial charge in [-0.15, -0.1) is 11.3 Å². The number of hydrogen-bond acceptors (Lipinski definition) is 5. The standard InChI is InChI=1S/C21H16ClN3O3S/c1-12-6-7-14(22)9-17(12)24-19(26)16-10-23-21-25(20(16)27)18(11-29-21)13-4-3-5-15(8-13)28-2/h3-11H,1-2H3,(H,24,26). The van der Waals surface area contributed by atoms with Crippen molar-refractivity contribution in [1.29, 1.82) is 0 Å². The van der Waals surface area contributed by atoms with E-state index in [0.29, 0.717) is 27.1 Å². The average molecular weight is 426 g/mol. The predicted molar refractivity (Wildman–Crippen MR) is 115 cm³/mol. The molecular formula is C21H16ClN3O3S. The lowest BCUT2D eigenvalue weighted by Gasteiger charge is -2.09. The Kier molecular flexibility index (Phi) is 5.08. The third-order valence-corrected chi connectivity index (χ3v) is 5.58. The molecule has 0 fully saturated rings. The van der Waals surface area contributed by atoms with Crippen LogP contribution in [0.2, 0.25) is 5.02 Å². The van der Waals surface area contributed by atoms with Gasteiger partial charge in [0, 0.05) is 27.9 Å². The number of hydrogen-bond donors (Lipinski definition) is 1. The number of aryl methyl sites for hydroxylation is 1. The molecular weight excluding hydrogens is 410 g/mol. The zero-order chi connectivity index (χ0) is 20.5. The largest absolute Gasteiger partial charge is 0.497 e. The zero-order valence-electron chi connectivity index (χ0n) is 15.6. The molecule has 29 heavy (non-hydrogen) atoms. The lowest BCUT2D eigenvalue weighted by molar-refractivity contribution is 0.102. The van der Waals surface area contributed by atoms with Gasteiger partial charge in [0.25, 0.3) is 11.5 Å². The summed E-state index contributed by atoms with van der Waals surface area (Å²) in [6.07, 6.45) is 1.30. The normalized spacial score (nSPS) is 10.9. The molecule has 0 atom stereocenters. The molecule has 0 saturated carbocycles. The molecule has 4 aromatic rings. The van der Waals surface area contributed by atoms with E-state index in [1.54, 1.807) is 25.3 Å². The molecule has 2 heterocycles. The van der Waals surface area contributed by atoms with Crippen molar-refractivity contribution in [2.75, 3.05) is 12.4 Å². The molecule has 8 heteroatoms. The summed E-state index contributed by atoms with van der Waals surface area (Å²) >= 11 is 7.34. The first-order valence-corrected chi connectivity index (χ1v) is 9.95. The topological polar surface area (TPSA) is 72.7 Å². The molecule has 2 aromatic carbocycles. The Morgan fingerprint density at radius 1 is 1.24 bits per heavy atom. The van der Waals surface area contributed by atoms with Gasteiger partial charge in [0.05, 0.1) is 12.8 Å². The minimum absolute atomic E-state index is 0.0515. The number of thiazole rings is 1. The SMILES string of the molecule is COc1cccc(-c2csc3ncc(C(=O)Nc4cc(Cl)ccc4C)c(=O)n23)c1. The van der Waals surface area contributed by atoms with Crippen molar-refractivity contribution in [3.8, 4) is 17.0 Å². The number of nitrogens with zero attached hydrogens (tertiary/aromatic N) is 2. The molecule has 1 amide bonds. The van der Waals surface area contributed by atoms with Gasteiger partial charge in [0.15, 0.2) is 4.96 Å². The maximum absolute atomic E-state index is 13.1. The number of rotatable bonds is 4. The summed E-state index contributed by atoms with van der Waals surface area (Å²) in [4.78, 5) is 30.7. The molecule has 0 spiro atoms. The molecule has 0 saturated heterocycles. The summed E-state index contributed by atoms with van der Waals surface area (Å²) in [6, 6.07) is 12.5. The van der Waals surface area contributed by atoms with Gasteiger partial charge in [-0.2, -0.15) is 0 Å². The molecule has 0 aliphatic heterocycles. The van der Waals surface area contributed by atoms with Crippen LogP contribution in [-0.2, 0) is 0 Å². The van der Waals surface area contributed by atoms with Crippen molar-refractivity contribution < 1.29 is 9.53 Å². The second-order valence-corrected chi connectivity index (χ2v) is 7.63. The van der Waals surface area contributed by atoms with Crippen LogP contribution in [0, 0.1) is 6.92 Å². The first kappa shape index (κ1) is 19.2. The third-order valence-electron chi connectivity index (χ3n) is 4.50.